The number of piperidine rings is 1. The molecule has 7 nitrogen and oxygen atoms in total. The zero-order chi connectivity index (χ0) is 21.4. The van der Waals surface area contributed by atoms with Gasteiger partial charge in [-0.2, -0.15) is 0 Å². The van der Waals surface area contributed by atoms with Gasteiger partial charge in [-0.3, -0.25) is 9.59 Å². The van der Waals surface area contributed by atoms with Crippen LogP contribution in [-0.2, 0) is 9.59 Å². The normalized spacial score (nSPS) is 20.6. The molecule has 0 spiro atoms. The van der Waals surface area contributed by atoms with Crippen LogP contribution in [0, 0.1) is 0 Å². The van der Waals surface area contributed by atoms with Crippen molar-refractivity contribution in [2.45, 2.75) is 32.2 Å². The van der Waals surface area contributed by atoms with E-state index in [1.807, 2.05) is 0 Å². The molecule has 1 aliphatic heterocycles. The van der Waals surface area contributed by atoms with Gasteiger partial charge in [0.2, 0.25) is 0 Å². The number of nitrogens with one attached hydrogen (secondary N) is 4. The van der Waals surface area contributed by atoms with E-state index < -0.39 is 6.36 Å². The molecule has 2 amide bonds. The second-order valence-electron chi connectivity index (χ2n) is 7.38. The lowest BCUT2D eigenvalue weighted by atomic mass is 10.1. The molecule has 10 heteroatoms. The van der Waals surface area contributed by atoms with E-state index in [0.29, 0.717) is 10.6 Å². The second kappa shape index (κ2) is 10.4. The third kappa shape index (κ3) is 8.70. The molecule has 4 N–H and O–H groups in total. The lowest BCUT2D eigenvalue weighted by Gasteiger charge is -2.29. The molecule has 1 atom stereocenters. The predicted molar refractivity (Wildman–Crippen MR) is 101 cm³/mol. The average Bonchev–Trinajstić information content (AvgIpc) is 2.62. The number of alkyl halides is 3. The van der Waals surface area contributed by atoms with Crippen LogP contribution in [0.25, 0.3) is 0 Å². The van der Waals surface area contributed by atoms with Gasteiger partial charge < -0.3 is 25.2 Å². The van der Waals surface area contributed by atoms with Crippen molar-refractivity contribution in [3.05, 3.63) is 24.3 Å². The Kier molecular flexibility index (Phi) is 8.27. The first kappa shape index (κ1) is 23.0. The third-order valence-electron chi connectivity index (χ3n) is 4.85. The molecular weight excluding hydrogens is 389 g/mol. The van der Waals surface area contributed by atoms with Crippen molar-refractivity contribution in [3.63, 3.8) is 0 Å². The summed E-state index contributed by atoms with van der Waals surface area (Å²) in [4.78, 5) is 26.6. The fourth-order valence-electron chi connectivity index (χ4n) is 3.36. The Bertz CT molecular complexity index is 674. The first-order valence-corrected chi connectivity index (χ1v) is 9.74. The Morgan fingerprint density at radius 3 is 2.28 bits per heavy atom. The van der Waals surface area contributed by atoms with Crippen molar-refractivity contribution in [2.75, 3.05) is 45.1 Å². The number of halogens is 3. The van der Waals surface area contributed by atoms with Gasteiger partial charge >= 0.3 is 6.36 Å². The molecule has 0 saturated carbocycles. The molecule has 1 saturated heterocycles. The first-order chi connectivity index (χ1) is 13.6. The summed E-state index contributed by atoms with van der Waals surface area (Å²) in [6.45, 7) is 5.60. The maximum Gasteiger partial charge on any atom is 0.573 e. The summed E-state index contributed by atoms with van der Waals surface area (Å²) in [7, 11) is 1.74. The van der Waals surface area contributed by atoms with Crippen molar-refractivity contribution in [3.8, 4) is 5.75 Å². The van der Waals surface area contributed by atoms with Crippen molar-refractivity contribution in [1.82, 2.24) is 5.32 Å². The van der Waals surface area contributed by atoms with E-state index in [-0.39, 0.29) is 36.7 Å². The molecule has 0 radical (unpaired) electrons. The number of hydrogen-bond acceptors (Lipinski definition) is 3. The number of rotatable bonds is 8. The first-order valence-electron chi connectivity index (χ1n) is 9.74. The van der Waals surface area contributed by atoms with Gasteiger partial charge in [0, 0.05) is 24.6 Å². The maximum absolute atomic E-state index is 12.2. The van der Waals surface area contributed by atoms with Crippen LogP contribution in [0.4, 0.5) is 18.9 Å². The van der Waals surface area contributed by atoms with Gasteiger partial charge in [0.15, 0.2) is 13.1 Å². The summed E-state index contributed by atoms with van der Waals surface area (Å²) < 4.78 is 40.2. The molecule has 29 heavy (non-hydrogen) atoms. The molecule has 1 aliphatic rings. The van der Waals surface area contributed by atoms with Gasteiger partial charge in [-0.25, -0.2) is 0 Å². The smallest absolute Gasteiger partial charge is 0.406 e. The molecule has 1 unspecified atom stereocenters. The summed E-state index contributed by atoms with van der Waals surface area (Å²) >= 11 is 0. The van der Waals surface area contributed by atoms with E-state index in [2.05, 4.69) is 22.3 Å². The van der Waals surface area contributed by atoms with Gasteiger partial charge in [-0.15, -0.1) is 13.2 Å². The van der Waals surface area contributed by atoms with E-state index in [1.54, 1.807) is 11.9 Å². The Balaban J connectivity index is 1.71. The SMILES string of the molecule is CC[NH+]1CCC(NC(=O)C[NH+](C)CC(=O)Nc2ccc(OC(F)(F)F)cc2)CC1. The van der Waals surface area contributed by atoms with E-state index in [0.717, 1.165) is 44.6 Å². The average molecular weight is 418 g/mol. The Hall–Kier alpha value is -2.33. The van der Waals surface area contributed by atoms with Crippen LogP contribution in [-0.4, -0.2) is 64.0 Å². The number of ether oxygens (including phenoxy) is 1. The highest BCUT2D eigenvalue weighted by atomic mass is 19.4. The predicted octanol–water partition coefficient (Wildman–Crippen LogP) is -0.778. The van der Waals surface area contributed by atoms with E-state index in [9.17, 15) is 22.8 Å². The van der Waals surface area contributed by atoms with Crippen LogP contribution < -0.4 is 25.2 Å². The maximum atomic E-state index is 12.2. The molecule has 0 bridgehead atoms. The van der Waals surface area contributed by atoms with Gasteiger partial charge in [-0.05, 0) is 31.2 Å². The topological polar surface area (TPSA) is 76.3 Å². The van der Waals surface area contributed by atoms with Crippen molar-refractivity contribution >= 4 is 17.5 Å². The molecule has 0 aliphatic carbocycles. The Morgan fingerprint density at radius 1 is 1.14 bits per heavy atom. The van der Waals surface area contributed by atoms with E-state index in [1.165, 1.54) is 12.1 Å². The molecule has 1 aromatic carbocycles. The third-order valence-corrected chi connectivity index (χ3v) is 4.85. The second-order valence-corrected chi connectivity index (χ2v) is 7.38. The molecule has 2 rings (SSSR count). The highest BCUT2D eigenvalue weighted by molar-refractivity contribution is 5.91. The monoisotopic (exact) mass is 418 g/mol. The number of benzene rings is 1. The van der Waals surface area contributed by atoms with E-state index >= 15 is 0 Å². The van der Waals surface area contributed by atoms with Crippen LogP contribution in [0.5, 0.6) is 5.75 Å². The number of quaternary nitrogens is 2. The Labute approximate surface area is 168 Å². The molecule has 1 fully saturated rings. The van der Waals surface area contributed by atoms with Crippen LogP contribution >= 0.6 is 0 Å². The number of likely N-dealkylation sites (N-methyl/N-ethyl adjacent to an activating group) is 1. The highest BCUT2D eigenvalue weighted by Crippen LogP contribution is 2.23. The van der Waals surface area contributed by atoms with Gasteiger partial charge in [0.05, 0.1) is 26.7 Å². The molecule has 1 heterocycles. The summed E-state index contributed by atoms with van der Waals surface area (Å²) in [6.07, 6.45) is -2.84. The van der Waals surface area contributed by atoms with Gasteiger partial charge in [-0.1, -0.05) is 0 Å². The summed E-state index contributed by atoms with van der Waals surface area (Å²) in [5.74, 6) is -0.783. The van der Waals surface area contributed by atoms with Crippen molar-refractivity contribution in [1.29, 1.82) is 0 Å². The number of likely N-dealkylation sites (tertiary alicyclic amines) is 1. The van der Waals surface area contributed by atoms with Crippen LogP contribution in [0.1, 0.15) is 19.8 Å². The molecule has 1 aromatic rings. The summed E-state index contributed by atoms with van der Waals surface area (Å²) in [5, 5.41) is 5.63. The fraction of sp³-hybridized carbons (Fsp3) is 0.579. The summed E-state index contributed by atoms with van der Waals surface area (Å²) in [6, 6.07) is 5.09. The van der Waals surface area contributed by atoms with E-state index in [4.69, 9.17) is 0 Å². The van der Waals surface area contributed by atoms with Crippen molar-refractivity contribution in [2.24, 2.45) is 0 Å². The zero-order valence-corrected chi connectivity index (χ0v) is 16.7. The van der Waals surface area contributed by atoms with Crippen LogP contribution in [0.2, 0.25) is 0 Å². The van der Waals surface area contributed by atoms with Gasteiger partial charge in [0.1, 0.15) is 5.75 Å². The lowest BCUT2D eigenvalue weighted by Crippen LogP contribution is -3.13. The van der Waals surface area contributed by atoms with Gasteiger partial charge in [0.25, 0.3) is 11.8 Å². The minimum absolute atomic E-state index is 0.0622. The standard InChI is InChI=1S/C19H27F3N4O3/c1-3-26-10-8-15(9-11-26)24-18(28)13-25(2)12-17(27)23-14-4-6-16(7-5-14)29-19(20,21)22/h4-7,15H,3,8-13H2,1-2H3,(H,23,27)(H,24,28)/p+2. The Morgan fingerprint density at radius 2 is 1.72 bits per heavy atom. The molecular formula is C19H29F3N4O3+2. The highest BCUT2D eigenvalue weighted by Gasteiger charge is 2.31. The quantitative estimate of drug-likeness (QED) is 0.448. The number of carbonyl (C=O) groups is 2. The minimum atomic E-state index is -4.76. The number of amides is 2. The fourth-order valence-corrected chi connectivity index (χ4v) is 3.36. The summed E-state index contributed by atoms with van der Waals surface area (Å²) in [5.41, 5.74) is 0.354. The number of hydrogen-bond donors (Lipinski definition) is 4. The van der Waals surface area contributed by atoms with Crippen LogP contribution in [0.15, 0.2) is 24.3 Å². The number of carbonyl (C=O) groups excluding carboxylic acids is 2. The van der Waals surface area contributed by atoms with Crippen molar-refractivity contribution < 1.29 is 37.3 Å². The minimum Gasteiger partial charge on any atom is -0.406 e. The molecule has 0 aromatic heterocycles. The van der Waals surface area contributed by atoms with Crippen LogP contribution in [0.3, 0.4) is 0 Å². The molecule has 162 valence electrons. The largest absolute Gasteiger partial charge is 0.573 e. The number of anilines is 1. The zero-order valence-electron chi connectivity index (χ0n) is 16.7. The lowest BCUT2D eigenvalue weighted by molar-refractivity contribution is -0.903.